The van der Waals surface area contributed by atoms with Crippen LogP contribution in [0.5, 0.6) is 5.75 Å². The smallest absolute Gasteiger partial charge is 0.315 e. The summed E-state index contributed by atoms with van der Waals surface area (Å²) in [7, 11) is 2.93. The Labute approximate surface area is 180 Å². The number of ketones is 1. The van der Waals surface area contributed by atoms with Crippen molar-refractivity contribution in [1.29, 1.82) is 0 Å². The van der Waals surface area contributed by atoms with Crippen LogP contribution in [0.15, 0.2) is 64.8 Å². The molecule has 1 aliphatic heterocycles. The second kappa shape index (κ2) is 8.46. The van der Waals surface area contributed by atoms with Gasteiger partial charge in [-0.25, -0.2) is 4.39 Å². The summed E-state index contributed by atoms with van der Waals surface area (Å²) in [5.74, 6) is -1.49. The van der Waals surface area contributed by atoms with Gasteiger partial charge < -0.3 is 9.47 Å². The molecule has 0 fully saturated rings. The number of para-hydroxylation sites is 1. The average Bonchev–Trinajstić information content (AvgIpc) is 2.78. The first-order chi connectivity index (χ1) is 14.9. The van der Waals surface area contributed by atoms with Crippen molar-refractivity contribution in [2.45, 2.75) is 31.6 Å². The number of benzene rings is 2. The lowest BCUT2D eigenvalue weighted by Gasteiger charge is -2.36. The van der Waals surface area contributed by atoms with E-state index in [2.05, 4.69) is 4.99 Å². The minimum absolute atomic E-state index is 0.0587. The Morgan fingerprint density at radius 1 is 1.06 bits per heavy atom. The third kappa shape index (κ3) is 3.78. The quantitative estimate of drug-likeness (QED) is 0.678. The number of esters is 1. The topological polar surface area (TPSA) is 65.0 Å². The molecule has 6 heteroatoms. The van der Waals surface area contributed by atoms with Crippen LogP contribution in [0.1, 0.15) is 42.7 Å². The van der Waals surface area contributed by atoms with Crippen LogP contribution in [0.2, 0.25) is 0 Å². The fourth-order valence-electron chi connectivity index (χ4n) is 4.75. The third-order valence-electron chi connectivity index (χ3n) is 6.15. The largest absolute Gasteiger partial charge is 0.496 e. The van der Waals surface area contributed by atoms with Crippen molar-refractivity contribution in [1.82, 2.24) is 0 Å². The van der Waals surface area contributed by atoms with Crippen molar-refractivity contribution in [2.24, 2.45) is 10.9 Å². The van der Waals surface area contributed by atoms with Gasteiger partial charge in [-0.1, -0.05) is 30.3 Å². The minimum Gasteiger partial charge on any atom is -0.496 e. The number of methoxy groups -OCH3 is 2. The number of hydrogen-bond acceptors (Lipinski definition) is 5. The first-order valence-corrected chi connectivity index (χ1v) is 10.2. The summed E-state index contributed by atoms with van der Waals surface area (Å²) in [6.07, 6.45) is 0.851. The highest BCUT2D eigenvalue weighted by molar-refractivity contribution is 6.09. The zero-order valence-electron chi connectivity index (χ0n) is 17.7. The zero-order valence-corrected chi connectivity index (χ0v) is 17.7. The number of aliphatic imine (C=N–C) groups is 1. The van der Waals surface area contributed by atoms with Crippen molar-refractivity contribution in [3.8, 4) is 5.75 Å². The Kier molecular flexibility index (Phi) is 5.72. The van der Waals surface area contributed by atoms with Crippen molar-refractivity contribution in [3.63, 3.8) is 0 Å². The van der Waals surface area contributed by atoms with E-state index >= 15 is 0 Å². The van der Waals surface area contributed by atoms with Gasteiger partial charge in [0.25, 0.3) is 0 Å². The number of rotatable bonds is 4. The Bertz CT molecular complexity index is 1090. The number of Topliss-reactive ketones (excluding diaryl/α,β-unsaturated/α-hetero) is 1. The second-order valence-corrected chi connectivity index (χ2v) is 7.91. The fourth-order valence-corrected chi connectivity index (χ4v) is 4.75. The average molecular weight is 421 g/mol. The van der Waals surface area contributed by atoms with Gasteiger partial charge in [0.2, 0.25) is 0 Å². The molecule has 2 aromatic carbocycles. The summed E-state index contributed by atoms with van der Waals surface area (Å²) in [5, 5.41) is 0. The number of hydrogen-bond donors (Lipinski definition) is 0. The van der Waals surface area contributed by atoms with E-state index in [1.807, 2.05) is 24.3 Å². The molecule has 160 valence electrons. The molecule has 4 rings (SSSR count). The first kappa shape index (κ1) is 21.0. The molecule has 1 heterocycles. The summed E-state index contributed by atoms with van der Waals surface area (Å²) in [5.41, 5.74) is 3.46. The lowest BCUT2D eigenvalue weighted by molar-refractivity contribution is -0.143. The van der Waals surface area contributed by atoms with E-state index in [1.165, 1.54) is 19.2 Å². The molecular weight excluding hydrogens is 397 g/mol. The van der Waals surface area contributed by atoms with Crippen LogP contribution in [0.4, 0.5) is 4.39 Å². The van der Waals surface area contributed by atoms with Crippen LogP contribution in [0, 0.1) is 11.7 Å². The van der Waals surface area contributed by atoms with Gasteiger partial charge in [0.1, 0.15) is 17.5 Å². The molecule has 2 aromatic rings. The van der Waals surface area contributed by atoms with E-state index in [9.17, 15) is 14.0 Å². The molecule has 31 heavy (non-hydrogen) atoms. The Balaban J connectivity index is 1.81. The summed E-state index contributed by atoms with van der Waals surface area (Å²) in [6, 6.07) is 13.6. The van der Waals surface area contributed by atoms with E-state index in [0.717, 1.165) is 11.3 Å². The molecule has 0 saturated heterocycles. The number of carbonyl (C=O) groups is 2. The van der Waals surface area contributed by atoms with Gasteiger partial charge in [0, 0.05) is 35.2 Å². The van der Waals surface area contributed by atoms with E-state index in [1.54, 1.807) is 26.2 Å². The normalized spacial score (nSPS) is 23.2. The summed E-state index contributed by atoms with van der Waals surface area (Å²) >= 11 is 0. The lowest BCUT2D eigenvalue weighted by atomic mass is 9.69. The van der Waals surface area contributed by atoms with Gasteiger partial charge in [-0.3, -0.25) is 14.6 Å². The molecule has 0 amide bonds. The highest BCUT2D eigenvalue weighted by atomic mass is 19.1. The molecule has 0 aromatic heterocycles. The molecule has 3 atom stereocenters. The van der Waals surface area contributed by atoms with Gasteiger partial charge >= 0.3 is 5.97 Å². The number of halogens is 1. The molecule has 2 aliphatic rings. The molecule has 0 bridgehead atoms. The van der Waals surface area contributed by atoms with Crippen molar-refractivity contribution >= 4 is 17.5 Å². The van der Waals surface area contributed by atoms with Gasteiger partial charge in [-0.15, -0.1) is 0 Å². The van der Waals surface area contributed by atoms with E-state index in [-0.39, 0.29) is 17.5 Å². The van der Waals surface area contributed by atoms with Crippen LogP contribution in [-0.2, 0) is 14.3 Å². The monoisotopic (exact) mass is 421 g/mol. The number of nitrogens with zero attached hydrogens (tertiary/aromatic N) is 1. The summed E-state index contributed by atoms with van der Waals surface area (Å²) < 4.78 is 24.1. The molecule has 1 unspecified atom stereocenters. The van der Waals surface area contributed by atoms with Crippen LogP contribution in [-0.4, -0.2) is 31.7 Å². The predicted octanol–water partition coefficient (Wildman–Crippen LogP) is 4.58. The molecule has 0 radical (unpaired) electrons. The highest BCUT2D eigenvalue weighted by Gasteiger charge is 2.44. The van der Waals surface area contributed by atoms with Gasteiger partial charge in [-0.2, -0.15) is 0 Å². The lowest BCUT2D eigenvalue weighted by Crippen LogP contribution is -2.37. The van der Waals surface area contributed by atoms with Crippen LogP contribution >= 0.6 is 0 Å². The molecule has 0 N–H and O–H groups in total. The predicted molar refractivity (Wildman–Crippen MR) is 115 cm³/mol. The first-order valence-electron chi connectivity index (χ1n) is 10.2. The SMILES string of the molecule is COC(=O)C1C(C)=NC2=C(C(=O)C[C@@H](c3ccccc3OC)C2)[C@H]1c1ccc(F)cc1. The Morgan fingerprint density at radius 2 is 1.77 bits per heavy atom. The minimum atomic E-state index is -0.721. The van der Waals surface area contributed by atoms with Gasteiger partial charge in [-0.05, 0) is 42.7 Å². The Morgan fingerprint density at radius 3 is 2.45 bits per heavy atom. The van der Waals surface area contributed by atoms with Crippen LogP contribution in [0.25, 0.3) is 0 Å². The summed E-state index contributed by atoms with van der Waals surface area (Å²) in [4.78, 5) is 30.8. The van der Waals surface area contributed by atoms with E-state index in [4.69, 9.17) is 9.47 Å². The number of carbonyl (C=O) groups excluding carboxylic acids is 2. The summed E-state index contributed by atoms with van der Waals surface area (Å²) in [6.45, 7) is 1.78. The van der Waals surface area contributed by atoms with Crippen molar-refractivity contribution in [2.75, 3.05) is 14.2 Å². The van der Waals surface area contributed by atoms with Gasteiger partial charge in [0.05, 0.1) is 14.2 Å². The van der Waals surface area contributed by atoms with E-state index in [0.29, 0.717) is 35.4 Å². The Hall–Kier alpha value is -3.28. The van der Waals surface area contributed by atoms with Crippen molar-refractivity contribution in [3.05, 3.63) is 76.7 Å². The molecular formula is C25H24FNO4. The third-order valence-corrected chi connectivity index (χ3v) is 6.15. The second-order valence-electron chi connectivity index (χ2n) is 7.91. The molecule has 1 aliphatic carbocycles. The maximum Gasteiger partial charge on any atom is 0.315 e. The zero-order chi connectivity index (χ0) is 22.1. The van der Waals surface area contributed by atoms with Crippen LogP contribution < -0.4 is 4.74 Å². The fraction of sp³-hybridized carbons (Fsp3) is 0.320. The maximum atomic E-state index is 13.6. The van der Waals surface area contributed by atoms with Gasteiger partial charge in [0.15, 0.2) is 5.78 Å². The maximum absolute atomic E-state index is 13.6. The van der Waals surface area contributed by atoms with E-state index < -0.39 is 17.8 Å². The molecule has 0 spiro atoms. The standard InChI is InChI=1S/C25H24FNO4/c1-14-22(25(29)31-3)23(15-8-10-17(26)11-9-15)24-19(27-14)12-16(13-20(24)28)18-6-4-5-7-21(18)30-2/h4-11,16,22-23H,12-13H2,1-3H3/t16-,22?,23-/m0/s1. The highest BCUT2D eigenvalue weighted by Crippen LogP contribution is 2.47. The number of ether oxygens (including phenoxy) is 2. The van der Waals surface area contributed by atoms with Crippen LogP contribution in [0.3, 0.4) is 0 Å². The van der Waals surface area contributed by atoms with Crippen molar-refractivity contribution < 1.29 is 23.5 Å². The molecule has 5 nitrogen and oxygen atoms in total. The molecule has 0 saturated carbocycles. The number of allylic oxidation sites excluding steroid dienone is 2.